The number of nitrogens with zero attached hydrogens (tertiary/aromatic N) is 1. The van der Waals surface area contributed by atoms with Crippen LogP contribution >= 0.6 is 0 Å². The number of pyridine rings is 1. The van der Waals surface area contributed by atoms with Crippen molar-refractivity contribution in [2.24, 2.45) is 0 Å². The van der Waals surface area contributed by atoms with Gasteiger partial charge in [0.2, 0.25) is 0 Å². The fourth-order valence-corrected chi connectivity index (χ4v) is 3.31. The second kappa shape index (κ2) is 7.04. The molecule has 132 valence electrons. The Bertz CT molecular complexity index is 1110. The van der Waals surface area contributed by atoms with Gasteiger partial charge in [0.25, 0.3) is 5.91 Å². The molecular formula is C24H20N2O. The number of hydrogen-bond donors (Lipinski definition) is 1. The first-order chi connectivity index (χ1) is 13.1. The average Bonchev–Trinajstić information content (AvgIpc) is 2.70. The normalized spacial score (nSPS) is 10.7. The standard InChI is InChI=1S/C24H20N2O/c1-16-9-8-10-17(2)23(16)26-24(27)20-15-22(18-11-4-3-5-12-18)25-21-14-7-6-13-19(20)21/h3-15H,1-2H3,(H,26,27). The maximum atomic E-state index is 13.2. The molecule has 27 heavy (non-hydrogen) atoms. The molecule has 3 nitrogen and oxygen atoms in total. The van der Waals surface area contributed by atoms with Gasteiger partial charge in [-0.3, -0.25) is 4.79 Å². The minimum Gasteiger partial charge on any atom is -0.321 e. The van der Waals surface area contributed by atoms with Gasteiger partial charge in [-0.05, 0) is 37.1 Å². The molecule has 0 unspecified atom stereocenters. The van der Waals surface area contributed by atoms with E-state index >= 15 is 0 Å². The number of para-hydroxylation sites is 2. The fraction of sp³-hybridized carbons (Fsp3) is 0.0833. The highest BCUT2D eigenvalue weighted by atomic mass is 16.1. The van der Waals surface area contributed by atoms with Gasteiger partial charge in [-0.2, -0.15) is 0 Å². The van der Waals surface area contributed by atoms with Crippen LogP contribution < -0.4 is 5.32 Å². The minimum absolute atomic E-state index is 0.122. The summed E-state index contributed by atoms with van der Waals surface area (Å²) < 4.78 is 0. The lowest BCUT2D eigenvalue weighted by Gasteiger charge is -2.14. The van der Waals surface area contributed by atoms with Gasteiger partial charge in [0.05, 0.1) is 16.8 Å². The van der Waals surface area contributed by atoms with Gasteiger partial charge in [-0.25, -0.2) is 4.98 Å². The van der Waals surface area contributed by atoms with Crippen molar-refractivity contribution in [3.63, 3.8) is 0 Å². The second-order valence-electron chi connectivity index (χ2n) is 6.66. The fourth-order valence-electron chi connectivity index (χ4n) is 3.31. The molecule has 0 aliphatic heterocycles. The smallest absolute Gasteiger partial charge is 0.256 e. The summed E-state index contributed by atoms with van der Waals surface area (Å²) >= 11 is 0. The van der Waals surface area contributed by atoms with Crippen molar-refractivity contribution in [3.05, 3.63) is 95.6 Å². The molecule has 0 fully saturated rings. The van der Waals surface area contributed by atoms with E-state index in [1.807, 2.05) is 92.7 Å². The molecule has 1 heterocycles. The van der Waals surface area contributed by atoms with E-state index in [0.717, 1.165) is 39.0 Å². The van der Waals surface area contributed by atoms with Crippen molar-refractivity contribution < 1.29 is 4.79 Å². The molecule has 0 atom stereocenters. The van der Waals surface area contributed by atoms with Crippen molar-refractivity contribution in [1.29, 1.82) is 0 Å². The summed E-state index contributed by atoms with van der Waals surface area (Å²) in [4.78, 5) is 17.9. The van der Waals surface area contributed by atoms with Crippen molar-refractivity contribution in [2.45, 2.75) is 13.8 Å². The topological polar surface area (TPSA) is 42.0 Å². The summed E-state index contributed by atoms with van der Waals surface area (Å²) in [5.41, 5.74) is 6.18. The van der Waals surface area contributed by atoms with Gasteiger partial charge in [-0.1, -0.05) is 66.7 Å². The van der Waals surface area contributed by atoms with Crippen molar-refractivity contribution >= 4 is 22.5 Å². The number of fused-ring (bicyclic) bond motifs is 1. The summed E-state index contributed by atoms with van der Waals surface area (Å²) in [6.07, 6.45) is 0. The maximum absolute atomic E-state index is 13.2. The molecule has 0 saturated heterocycles. The van der Waals surface area contributed by atoms with Crippen LogP contribution in [0.15, 0.2) is 78.9 Å². The van der Waals surface area contributed by atoms with Crippen LogP contribution in [0.25, 0.3) is 22.2 Å². The van der Waals surface area contributed by atoms with E-state index in [1.54, 1.807) is 0 Å². The highest BCUT2D eigenvalue weighted by molar-refractivity contribution is 6.13. The summed E-state index contributed by atoms with van der Waals surface area (Å²) in [6, 6.07) is 25.6. The van der Waals surface area contributed by atoms with Gasteiger partial charge < -0.3 is 5.32 Å². The Kier molecular flexibility index (Phi) is 4.43. The van der Waals surface area contributed by atoms with Crippen molar-refractivity contribution in [3.8, 4) is 11.3 Å². The average molecular weight is 352 g/mol. The van der Waals surface area contributed by atoms with Crippen LogP contribution in [0.3, 0.4) is 0 Å². The highest BCUT2D eigenvalue weighted by Crippen LogP contribution is 2.27. The number of amides is 1. The quantitative estimate of drug-likeness (QED) is 0.508. The molecule has 0 radical (unpaired) electrons. The number of rotatable bonds is 3. The van der Waals surface area contributed by atoms with Gasteiger partial charge in [-0.15, -0.1) is 0 Å². The Morgan fingerprint density at radius 3 is 2.22 bits per heavy atom. The minimum atomic E-state index is -0.122. The molecule has 4 aromatic rings. The summed E-state index contributed by atoms with van der Waals surface area (Å²) in [5.74, 6) is -0.122. The van der Waals surface area contributed by atoms with E-state index in [-0.39, 0.29) is 5.91 Å². The van der Waals surface area contributed by atoms with Crippen LogP contribution in [-0.2, 0) is 0 Å². The van der Waals surface area contributed by atoms with Gasteiger partial charge in [0.1, 0.15) is 0 Å². The number of carbonyl (C=O) groups is 1. The van der Waals surface area contributed by atoms with Crippen LogP contribution in [0.2, 0.25) is 0 Å². The van der Waals surface area contributed by atoms with E-state index in [9.17, 15) is 4.79 Å². The lowest BCUT2D eigenvalue weighted by atomic mass is 10.0. The molecule has 0 saturated carbocycles. The van der Waals surface area contributed by atoms with Crippen molar-refractivity contribution in [1.82, 2.24) is 4.98 Å². The molecule has 3 heteroatoms. The second-order valence-corrected chi connectivity index (χ2v) is 6.66. The summed E-state index contributed by atoms with van der Waals surface area (Å²) in [7, 11) is 0. The third kappa shape index (κ3) is 3.32. The van der Waals surface area contributed by atoms with E-state index < -0.39 is 0 Å². The number of nitrogens with one attached hydrogen (secondary N) is 1. The SMILES string of the molecule is Cc1cccc(C)c1NC(=O)c1cc(-c2ccccc2)nc2ccccc12. The van der Waals surface area contributed by atoms with Gasteiger partial charge in [0, 0.05) is 16.6 Å². The Hall–Kier alpha value is -3.46. The molecular weight excluding hydrogens is 332 g/mol. The molecule has 1 aromatic heterocycles. The molecule has 0 spiro atoms. The highest BCUT2D eigenvalue weighted by Gasteiger charge is 2.15. The first kappa shape index (κ1) is 17.0. The monoisotopic (exact) mass is 352 g/mol. The van der Waals surface area contributed by atoms with Crippen LogP contribution in [-0.4, -0.2) is 10.9 Å². The third-order valence-corrected chi connectivity index (χ3v) is 4.75. The predicted octanol–water partition coefficient (Wildman–Crippen LogP) is 5.77. The number of aryl methyl sites for hydroxylation is 2. The first-order valence-electron chi connectivity index (χ1n) is 8.96. The predicted molar refractivity (Wildman–Crippen MR) is 111 cm³/mol. The zero-order valence-electron chi connectivity index (χ0n) is 15.4. The maximum Gasteiger partial charge on any atom is 0.256 e. The Balaban J connectivity index is 1.84. The van der Waals surface area contributed by atoms with Crippen LogP contribution in [0.4, 0.5) is 5.69 Å². The van der Waals surface area contributed by atoms with Crippen LogP contribution in [0.1, 0.15) is 21.5 Å². The van der Waals surface area contributed by atoms with E-state index in [4.69, 9.17) is 4.98 Å². The Morgan fingerprint density at radius 2 is 1.48 bits per heavy atom. The van der Waals surface area contributed by atoms with E-state index in [2.05, 4.69) is 5.32 Å². The van der Waals surface area contributed by atoms with Crippen LogP contribution in [0.5, 0.6) is 0 Å². The third-order valence-electron chi connectivity index (χ3n) is 4.75. The Morgan fingerprint density at radius 1 is 0.815 bits per heavy atom. The first-order valence-corrected chi connectivity index (χ1v) is 8.96. The Labute approximate surface area is 158 Å². The number of aromatic nitrogens is 1. The zero-order chi connectivity index (χ0) is 18.8. The lowest BCUT2D eigenvalue weighted by molar-refractivity contribution is 0.102. The van der Waals surface area contributed by atoms with Crippen LogP contribution in [0, 0.1) is 13.8 Å². The molecule has 1 N–H and O–H groups in total. The molecule has 4 rings (SSSR count). The molecule has 3 aromatic carbocycles. The summed E-state index contributed by atoms with van der Waals surface area (Å²) in [5, 5.41) is 3.95. The number of hydrogen-bond acceptors (Lipinski definition) is 2. The molecule has 0 aliphatic rings. The number of benzene rings is 3. The molecule has 1 amide bonds. The largest absolute Gasteiger partial charge is 0.321 e. The van der Waals surface area contributed by atoms with E-state index in [0.29, 0.717) is 5.56 Å². The zero-order valence-corrected chi connectivity index (χ0v) is 15.4. The lowest BCUT2D eigenvalue weighted by Crippen LogP contribution is -2.14. The van der Waals surface area contributed by atoms with E-state index in [1.165, 1.54) is 0 Å². The molecule has 0 bridgehead atoms. The number of anilines is 1. The van der Waals surface area contributed by atoms with Gasteiger partial charge in [0.15, 0.2) is 0 Å². The van der Waals surface area contributed by atoms with Crippen molar-refractivity contribution in [2.75, 3.05) is 5.32 Å². The summed E-state index contributed by atoms with van der Waals surface area (Å²) in [6.45, 7) is 4.01. The van der Waals surface area contributed by atoms with Gasteiger partial charge >= 0.3 is 0 Å². The number of carbonyl (C=O) groups excluding carboxylic acids is 1. The molecule has 0 aliphatic carbocycles.